The molecule has 0 aliphatic rings. The fraction of sp³-hybridized carbons (Fsp3) is 0.385. The zero-order valence-corrected chi connectivity index (χ0v) is 11.9. The molecule has 0 bridgehead atoms. The molecule has 2 rings (SSSR count). The van der Waals surface area contributed by atoms with Crippen LogP contribution in [-0.2, 0) is 6.54 Å². The van der Waals surface area contributed by atoms with Crippen LogP contribution >= 0.6 is 11.3 Å². The molecule has 2 unspecified atom stereocenters. The van der Waals surface area contributed by atoms with Crippen molar-refractivity contribution in [3.05, 3.63) is 40.8 Å². The monoisotopic (exact) mass is 278 g/mol. The molecule has 2 N–H and O–H groups in total. The summed E-state index contributed by atoms with van der Waals surface area (Å²) in [4.78, 5) is 13.0. The maximum Gasteiger partial charge on any atom is 0.315 e. The minimum atomic E-state index is -0.152. The molecule has 2 aromatic heterocycles. The summed E-state index contributed by atoms with van der Waals surface area (Å²) in [6.07, 6.45) is 3.61. The molecule has 0 aliphatic carbocycles. The minimum Gasteiger partial charge on any atom is -0.334 e. The lowest BCUT2D eigenvalue weighted by atomic mass is 10.3. The Hall–Kier alpha value is -1.82. The Morgan fingerprint density at radius 1 is 1.42 bits per heavy atom. The Labute approximate surface area is 116 Å². The number of hydrogen-bond donors (Lipinski definition) is 2. The fourth-order valence-corrected chi connectivity index (χ4v) is 2.54. The van der Waals surface area contributed by atoms with Crippen LogP contribution in [0, 0.1) is 0 Å². The van der Waals surface area contributed by atoms with E-state index in [-0.39, 0.29) is 18.1 Å². The lowest BCUT2D eigenvalue weighted by Gasteiger charge is -2.17. The molecule has 2 amide bonds. The van der Waals surface area contributed by atoms with Crippen LogP contribution in [0.4, 0.5) is 4.79 Å². The van der Waals surface area contributed by atoms with Crippen molar-refractivity contribution in [1.82, 2.24) is 20.4 Å². The average molecular weight is 278 g/mol. The second-order valence-corrected chi connectivity index (χ2v) is 5.46. The van der Waals surface area contributed by atoms with Gasteiger partial charge in [0.25, 0.3) is 0 Å². The summed E-state index contributed by atoms with van der Waals surface area (Å²) in [5, 5.41) is 11.9. The number of rotatable bonds is 5. The van der Waals surface area contributed by atoms with Gasteiger partial charge in [0, 0.05) is 23.3 Å². The van der Waals surface area contributed by atoms with Crippen LogP contribution < -0.4 is 10.6 Å². The van der Waals surface area contributed by atoms with Crippen molar-refractivity contribution >= 4 is 17.4 Å². The maximum atomic E-state index is 11.8. The van der Waals surface area contributed by atoms with E-state index in [1.807, 2.05) is 43.6 Å². The van der Waals surface area contributed by atoms with Gasteiger partial charge >= 0.3 is 6.03 Å². The highest BCUT2D eigenvalue weighted by Gasteiger charge is 2.12. The number of thiophene rings is 1. The first-order valence-corrected chi connectivity index (χ1v) is 7.11. The third-order valence-corrected chi connectivity index (χ3v) is 3.77. The molecule has 0 radical (unpaired) electrons. The van der Waals surface area contributed by atoms with Crippen molar-refractivity contribution in [3.8, 4) is 0 Å². The number of amides is 2. The van der Waals surface area contributed by atoms with Gasteiger partial charge in [-0.3, -0.25) is 4.68 Å². The van der Waals surface area contributed by atoms with Gasteiger partial charge in [-0.25, -0.2) is 4.79 Å². The van der Waals surface area contributed by atoms with Crippen molar-refractivity contribution in [2.45, 2.75) is 32.5 Å². The summed E-state index contributed by atoms with van der Waals surface area (Å²) in [6, 6.07) is 5.76. The van der Waals surface area contributed by atoms with Crippen LogP contribution in [0.5, 0.6) is 0 Å². The largest absolute Gasteiger partial charge is 0.334 e. The highest BCUT2D eigenvalue weighted by Crippen LogP contribution is 2.17. The van der Waals surface area contributed by atoms with Crippen molar-refractivity contribution in [3.63, 3.8) is 0 Å². The molecule has 0 fully saturated rings. The Bertz CT molecular complexity index is 495. The molecule has 0 saturated heterocycles. The van der Waals surface area contributed by atoms with Crippen molar-refractivity contribution < 1.29 is 4.79 Å². The number of nitrogens with one attached hydrogen (secondary N) is 2. The van der Waals surface area contributed by atoms with Crippen LogP contribution in [0.2, 0.25) is 0 Å². The molecule has 2 heterocycles. The number of carbonyl (C=O) groups is 1. The van der Waals surface area contributed by atoms with E-state index in [1.54, 1.807) is 22.2 Å². The maximum absolute atomic E-state index is 11.8. The molecule has 5 nitrogen and oxygen atoms in total. The van der Waals surface area contributed by atoms with E-state index in [2.05, 4.69) is 15.7 Å². The molecule has 19 heavy (non-hydrogen) atoms. The summed E-state index contributed by atoms with van der Waals surface area (Å²) >= 11 is 1.64. The first-order valence-electron chi connectivity index (χ1n) is 6.23. The van der Waals surface area contributed by atoms with Crippen molar-refractivity contribution in [1.29, 1.82) is 0 Å². The SMILES string of the molecule is CC(Cn1cccn1)NC(=O)NC(C)c1cccs1. The smallest absolute Gasteiger partial charge is 0.315 e. The van der Waals surface area contributed by atoms with Crippen molar-refractivity contribution in [2.75, 3.05) is 0 Å². The molecule has 0 aliphatic heterocycles. The molecule has 0 saturated carbocycles. The van der Waals surface area contributed by atoms with Gasteiger partial charge in [0.2, 0.25) is 0 Å². The van der Waals surface area contributed by atoms with Gasteiger partial charge < -0.3 is 10.6 Å². The molecular weight excluding hydrogens is 260 g/mol. The van der Waals surface area contributed by atoms with E-state index in [9.17, 15) is 4.79 Å². The van der Waals surface area contributed by atoms with E-state index in [0.717, 1.165) is 4.88 Å². The van der Waals surface area contributed by atoms with Crippen LogP contribution in [0.3, 0.4) is 0 Å². The van der Waals surface area contributed by atoms with E-state index < -0.39 is 0 Å². The third kappa shape index (κ3) is 4.10. The van der Waals surface area contributed by atoms with Gasteiger partial charge in [0.05, 0.1) is 12.6 Å². The van der Waals surface area contributed by atoms with Gasteiger partial charge in [-0.15, -0.1) is 11.3 Å². The predicted molar refractivity (Wildman–Crippen MR) is 76.1 cm³/mol. The first-order chi connectivity index (χ1) is 9.15. The van der Waals surface area contributed by atoms with Gasteiger partial charge in [0.1, 0.15) is 0 Å². The second kappa shape index (κ2) is 6.38. The fourth-order valence-electron chi connectivity index (χ4n) is 1.81. The molecule has 0 spiro atoms. The molecule has 102 valence electrons. The Balaban J connectivity index is 1.77. The molecule has 6 heteroatoms. The van der Waals surface area contributed by atoms with E-state index in [1.165, 1.54) is 0 Å². The van der Waals surface area contributed by atoms with Gasteiger partial charge in [-0.1, -0.05) is 6.07 Å². The molecule has 2 atom stereocenters. The standard InChI is InChI=1S/C13H18N4OS/c1-10(9-17-7-4-6-14-17)15-13(18)16-11(2)12-5-3-8-19-12/h3-8,10-11H,9H2,1-2H3,(H2,15,16,18). The zero-order chi connectivity index (χ0) is 13.7. The highest BCUT2D eigenvalue weighted by molar-refractivity contribution is 7.10. The quantitative estimate of drug-likeness (QED) is 0.882. The van der Waals surface area contributed by atoms with E-state index >= 15 is 0 Å². The number of carbonyl (C=O) groups excluding carboxylic acids is 1. The van der Waals surface area contributed by atoms with Crippen LogP contribution in [0.1, 0.15) is 24.8 Å². The summed E-state index contributed by atoms with van der Waals surface area (Å²) in [7, 11) is 0. The molecule has 2 aromatic rings. The van der Waals surface area contributed by atoms with E-state index in [4.69, 9.17) is 0 Å². The summed E-state index contributed by atoms with van der Waals surface area (Å²) < 4.78 is 1.80. The summed E-state index contributed by atoms with van der Waals surface area (Å²) in [5.74, 6) is 0. The highest BCUT2D eigenvalue weighted by atomic mass is 32.1. The second-order valence-electron chi connectivity index (χ2n) is 4.48. The third-order valence-electron chi connectivity index (χ3n) is 2.72. The predicted octanol–water partition coefficient (Wildman–Crippen LogP) is 2.39. The Morgan fingerprint density at radius 2 is 2.26 bits per heavy atom. The number of urea groups is 1. The number of nitrogens with zero attached hydrogens (tertiary/aromatic N) is 2. The Morgan fingerprint density at radius 3 is 2.89 bits per heavy atom. The van der Waals surface area contributed by atoms with Crippen LogP contribution in [-0.4, -0.2) is 21.9 Å². The lowest BCUT2D eigenvalue weighted by Crippen LogP contribution is -2.43. The number of aromatic nitrogens is 2. The average Bonchev–Trinajstić information content (AvgIpc) is 3.00. The molecular formula is C13H18N4OS. The summed E-state index contributed by atoms with van der Waals surface area (Å²) in [6.45, 7) is 4.59. The molecule has 0 aromatic carbocycles. The Kier molecular flexibility index (Phi) is 4.57. The first kappa shape index (κ1) is 13.6. The number of hydrogen-bond acceptors (Lipinski definition) is 3. The topological polar surface area (TPSA) is 59.0 Å². The van der Waals surface area contributed by atoms with Gasteiger partial charge in [-0.2, -0.15) is 5.10 Å². The van der Waals surface area contributed by atoms with Crippen LogP contribution in [0.15, 0.2) is 36.0 Å². The summed E-state index contributed by atoms with van der Waals surface area (Å²) in [5.41, 5.74) is 0. The van der Waals surface area contributed by atoms with Crippen LogP contribution in [0.25, 0.3) is 0 Å². The van der Waals surface area contributed by atoms with Gasteiger partial charge in [-0.05, 0) is 31.4 Å². The normalized spacial score (nSPS) is 13.8. The van der Waals surface area contributed by atoms with Gasteiger partial charge in [0.15, 0.2) is 0 Å². The lowest BCUT2D eigenvalue weighted by molar-refractivity contribution is 0.233. The minimum absolute atomic E-state index is 0.0236. The zero-order valence-electron chi connectivity index (χ0n) is 11.0. The van der Waals surface area contributed by atoms with E-state index in [0.29, 0.717) is 6.54 Å². The van der Waals surface area contributed by atoms with Crippen molar-refractivity contribution in [2.24, 2.45) is 0 Å².